The molecular weight excluding hydrogens is 266 g/mol. The Morgan fingerprint density at radius 1 is 1.42 bits per heavy atom. The molecular formula is C13H11NO4S. The van der Waals surface area contributed by atoms with E-state index in [1.54, 1.807) is 12.1 Å². The molecule has 0 saturated carbocycles. The standard InChI is InChI=1S/C13H11NO4S/c1-8-7-19-12(13(15)18-2)11(8)9-4-3-5-10(6-9)14(16)17/h3-7H,1-2H3. The Morgan fingerprint density at radius 2 is 2.16 bits per heavy atom. The Balaban J connectivity index is 2.58. The van der Waals surface area contributed by atoms with Crippen LogP contribution in [-0.4, -0.2) is 18.0 Å². The first kappa shape index (κ1) is 13.2. The molecule has 0 bridgehead atoms. The monoisotopic (exact) mass is 277 g/mol. The van der Waals surface area contributed by atoms with Crippen LogP contribution in [-0.2, 0) is 4.74 Å². The molecule has 0 aliphatic heterocycles. The number of non-ortho nitro benzene ring substituents is 1. The summed E-state index contributed by atoms with van der Waals surface area (Å²) in [5, 5.41) is 12.6. The Hall–Kier alpha value is -2.21. The van der Waals surface area contributed by atoms with Crippen LogP contribution in [0, 0.1) is 17.0 Å². The molecule has 6 heteroatoms. The van der Waals surface area contributed by atoms with Gasteiger partial charge in [-0.1, -0.05) is 12.1 Å². The van der Waals surface area contributed by atoms with Crippen molar-refractivity contribution in [2.24, 2.45) is 0 Å². The number of methoxy groups -OCH3 is 1. The zero-order chi connectivity index (χ0) is 14.0. The van der Waals surface area contributed by atoms with Gasteiger partial charge in [-0.3, -0.25) is 10.1 Å². The van der Waals surface area contributed by atoms with Crippen LogP contribution in [0.5, 0.6) is 0 Å². The zero-order valence-electron chi connectivity index (χ0n) is 10.4. The lowest BCUT2D eigenvalue weighted by Gasteiger charge is -2.04. The second-order valence-electron chi connectivity index (χ2n) is 3.92. The van der Waals surface area contributed by atoms with Crippen molar-refractivity contribution in [3.63, 3.8) is 0 Å². The quantitative estimate of drug-likeness (QED) is 0.489. The number of carbonyl (C=O) groups is 1. The first-order valence-corrected chi connectivity index (χ1v) is 6.33. The van der Waals surface area contributed by atoms with Gasteiger partial charge in [0, 0.05) is 17.7 Å². The van der Waals surface area contributed by atoms with E-state index in [1.807, 2.05) is 12.3 Å². The van der Waals surface area contributed by atoms with Crippen LogP contribution in [0.25, 0.3) is 11.1 Å². The number of rotatable bonds is 3. The molecule has 1 aromatic carbocycles. The van der Waals surface area contributed by atoms with Crippen molar-refractivity contribution in [3.05, 3.63) is 50.2 Å². The summed E-state index contributed by atoms with van der Waals surface area (Å²) in [7, 11) is 1.31. The highest BCUT2D eigenvalue weighted by atomic mass is 32.1. The number of nitro groups is 1. The van der Waals surface area contributed by atoms with E-state index in [4.69, 9.17) is 4.74 Å². The van der Waals surface area contributed by atoms with E-state index >= 15 is 0 Å². The smallest absolute Gasteiger partial charge is 0.348 e. The third kappa shape index (κ3) is 2.48. The van der Waals surface area contributed by atoms with Gasteiger partial charge < -0.3 is 4.74 Å². The van der Waals surface area contributed by atoms with E-state index in [-0.39, 0.29) is 5.69 Å². The lowest BCUT2D eigenvalue weighted by molar-refractivity contribution is -0.384. The molecule has 0 saturated heterocycles. The van der Waals surface area contributed by atoms with Crippen LogP contribution >= 0.6 is 11.3 Å². The summed E-state index contributed by atoms with van der Waals surface area (Å²) >= 11 is 1.27. The van der Waals surface area contributed by atoms with Gasteiger partial charge in [0.25, 0.3) is 5.69 Å². The molecule has 0 aliphatic carbocycles. The SMILES string of the molecule is COC(=O)c1scc(C)c1-c1cccc([N+](=O)[O-])c1. The minimum absolute atomic E-state index is 0.00100. The highest BCUT2D eigenvalue weighted by Crippen LogP contribution is 2.34. The van der Waals surface area contributed by atoms with Crippen molar-refractivity contribution < 1.29 is 14.5 Å². The third-order valence-electron chi connectivity index (χ3n) is 2.69. The van der Waals surface area contributed by atoms with E-state index in [0.717, 1.165) is 5.56 Å². The number of benzene rings is 1. The fourth-order valence-corrected chi connectivity index (χ4v) is 2.81. The Bertz CT molecular complexity index is 648. The second kappa shape index (κ2) is 5.19. The van der Waals surface area contributed by atoms with Gasteiger partial charge in [-0.25, -0.2) is 4.79 Å². The van der Waals surface area contributed by atoms with Crippen molar-refractivity contribution in [1.82, 2.24) is 0 Å². The summed E-state index contributed by atoms with van der Waals surface area (Å²) in [5.41, 5.74) is 2.23. The van der Waals surface area contributed by atoms with Gasteiger partial charge in [0.1, 0.15) is 4.88 Å². The highest BCUT2D eigenvalue weighted by Gasteiger charge is 2.19. The number of esters is 1. The highest BCUT2D eigenvalue weighted by molar-refractivity contribution is 7.12. The fraction of sp³-hybridized carbons (Fsp3) is 0.154. The van der Waals surface area contributed by atoms with E-state index in [2.05, 4.69) is 0 Å². The predicted octanol–water partition coefficient (Wildman–Crippen LogP) is 3.42. The molecule has 1 heterocycles. The number of nitrogens with zero attached hydrogens (tertiary/aromatic N) is 1. The Morgan fingerprint density at radius 3 is 2.79 bits per heavy atom. The van der Waals surface area contributed by atoms with Gasteiger partial charge in [0.2, 0.25) is 0 Å². The largest absolute Gasteiger partial charge is 0.465 e. The van der Waals surface area contributed by atoms with Crippen LogP contribution in [0.15, 0.2) is 29.6 Å². The van der Waals surface area contributed by atoms with Crippen LogP contribution in [0.2, 0.25) is 0 Å². The molecule has 0 fully saturated rings. The number of ether oxygens (including phenoxy) is 1. The molecule has 98 valence electrons. The molecule has 0 amide bonds. The fourth-order valence-electron chi connectivity index (χ4n) is 1.82. The van der Waals surface area contributed by atoms with Gasteiger partial charge in [0.05, 0.1) is 12.0 Å². The normalized spacial score (nSPS) is 10.2. The topological polar surface area (TPSA) is 69.4 Å². The molecule has 0 N–H and O–H groups in total. The molecule has 19 heavy (non-hydrogen) atoms. The zero-order valence-corrected chi connectivity index (χ0v) is 11.2. The summed E-state index contributed by atoms with van der Waals surface area (Å²) in [5.74, 6) is -0.431. The van der Waals surface area contributed by atoms with Gasteiger partial charge in [-0.2, -0.15) is 0 Å². The van der Waals surface area contributed by atoms with Gasteiger partial charge in [-0.05, 0) is 23.4 Å². The van der Waals surface area contributed by atoms with Crippen molar-refractivity contribution in [2.75, 3.05) is 7.11 Å². The number of carbonyl (C=O) groups excluding carboxylic acids is 1. The van der Waals surface area contributed by atoms with Crippen LogP contribution in [0.4, 0.5) is 5.69 Å². The minimum atomic E-state index is -0.455. The maximum atomic E-state index is 11.7. The van der Waals surface area contributed by atoms with E-state index in [1.165, 1.54) is 30.6 Å². The first-order chi connectivity index (χ1) is 9.04. The predicted molar refractivity (Wildman–Crippen MR) is 72.5 cm³/mol. The number of hydrogen-bond acceptors (Lipinski definition) is 5. The third-order valence-corrected chi connectivity index (χ3v) is 3.77. The van der Waals surface area contributed by atoms with Crippen molar-refractivity contribution in [2.45, 2.75) is 6.92 Å². The Labute approximate surface area is 113 Å². The number of nitro benzene ring substituents is 1. The molecule has 0 atom stereocenters. The second-order valence-corrected chi connectivity index (χ2v) is 4.80. The van der Waals surface area contributed by atoms with E-state index in [0.29, 0.717) is 16.0 Å². The van der Waals surface area contributed by atoms with Gasteiger partial charge in [0.15, 0.2) is 0 Å². The summed E-state index contributed by atoms with van der Waals surface area (Å²) < 4.78 is 4.73. The van der Waals surface area contributed by atoms with E-state index < -0.39 is 10.9 Å². The molecule has 0 radical (unpaired) electrons. The van der Waals surface area contributed by atoms with Crippen molar-refractivity contribution in [1.29, 1.82) is 0 Å². The number of hydrogen-bond donors (Lipinski definition) is 0. The lowest BCUT2D eigenvalue weighted by Crippen LogP contribution is -2.00. The van der Waals surface area contributed by atoms with Crippen LogP contribution in [0.3, 0.4) is 0 Å². The Kier molecular flexibility index (Phi) is 3.62. The summed E-state index contributed by atoms with van der Waals surface area (Å²) in [4.78, 5) is 22.5. The average Bonchev–Trinajstić information content (AvgIpc) is 2.80. The average molecular weight is 277 g/mol. The molecule has 0 spiro atoms. The van der Waals surface area contributed by atoms with Crippen molar-refractivity contribution in [3.8, 4) is 11.1 Å². The lowest BCUT2D eigenvalue weighted by atomic mass is 10.0. The molecule has 0 unspecified atom stereocenters. The number of thiophene rings is 1. The van der Waals surface area contributed by atoms with Crippen molar-refractivity contribution >= 4 is 23.0 Å². The van der Waals surface area contributed by atoms with Gasteiger partial charge >= 0.3 is 5.97 Å². The molecule has 1 aromatic heterocycles. The molecule has 2 aromatic rings. The van der Waals surface area contributed by atoms with E-state index in [9.17, 15) is 14.9 Å². The maximum absolute atomic E-state index is 11.7. The van der Waals surface area contributed by atoms with Gasteiger partial charge in [-0.15, -0.1) is 11.3 Å². The molecule has 0 aliphatic rings. The summed E-state index contributed by atoms with van der Waals surface area (Å²) in [6.45, 7) is 1.86. The minimum Gasteiger partial charge on any atom is -0.465 e. The van der Waals surface area contributed by atoms with Crippen LogP contribution in [0.1, 0.15) is 15.2 Å². The molecule has 5 nitrogen and oxygen atoms in total. The maximum Gasteiger partial charge on any atom is 0.348 e. The molecule has 2 rings (SSSR count). The first-order valence-electron chi connectivity index (χ1n) is 5.46. The summed E-state index contributed by atoms with van der Waals surface area (Å²) in [6, 6.07) is 6.23. The summed E-state index contributed by atoms with van der Waals surface area (Å²) in [6.07, 6.45) is 0. The van der Waals surface area contributed by atoms with Crippen LogP contribution < -0.4 is 0 Å². The number of aryl methyl sites for hydroxylation is 1.